The number of ether oxygens (including phenoxy) is 1. The Morgan fingerprint density at radius 2 is 2.15 bits per heavy atom. The third-order valence-electron chi connectivity index (χ3n) is 2.96. The van der Waals surface area contributed by atoms with E-state index in [1.54, 1.807) is 11.8 Å². The van der Waals surface area contributed by atoms with Crippen LogP contribution >= 0.6 is 0 Å². The number of hydrogen-bond donors (Lipinski definition) is 1. The van der Waals surface area contributed by atoms with Crippen molar-refractivity contribution in [1.82, 2.24) is 25.3 Å². The zero-order valence-electron chi connectivity index (χ0n) is 12.0. The Hall–Kier alpha value is -1.79. The van der Waals surface area contributed by atoms with Crippen LogP contribution in [0.2, 0.25) is 0 Å². The van der Waals surface area contributed by atoms with E-state index < -0.39 is 0 Å². The quantitative estimate of drug-likeness (QED) is 0.732. The summed E-state index contributed by atoms with van der Waals surface area (Å²) in [6, 6.07) is 3.86. The van der Waals surface area contributed by atoms with Crippen LogP contribution in [0.4, 0.5) is 0 Å². The van der Waals surface area contributed by atoms with E-state index >= 15 is 0 Å². The molecule has 0 atom stereocenters. The fraction of sp³-hybridized carbons (Fsp3) is 0.500. The van der Waals surface area contributed by atoms with Crippen molar-refractivity contribution in [2.75, 3.05) is 26.8 Å². The second-order valence-corrected chi connectivity index (χ2v) is 4.67. The summed E-state index contributed by atoms with van der Waals surface area (Å²) in [5.74, 6) is 0.750. The predicted molar refractivity (Wildman–Crippen MR) is 77.0 cm³/mol. The first-order valence-corrected chi connectivity index (χ1v) is 6.83. The van der Waals surface area contributed by atoms with Gasteiger partial charge in [0.25, 0.3) is 0 Å². The molecule has 2 rings (SSSR count). The largest absolute Gasteiger partial charge is 0.383 e. The molecule has 0 saturated heterocycles. The predicted octanol–water partition coefficient (Wildman–Crippen LogP) is 1.14. The van der Waals surface area contributed by atoms with Crippen LogP contribution in [0, 0.1) is 6.92 Å². The van der Waals surface area contributed by atoms with Gasteiger partial charge < -0.3 is 10.1 Å². The van der Waals surface area contributed by atoms with Gasteiger partial charge in [-0.1, -0.05) is 0 Å². The molecule has 2 heterocycles. The highest BCUT2D eigenvalue weighted by Gasteiger charge is 2.02. The number of aryl methyl sites for hydroxylation is 2. The molecule has 0 aliphatic rings. The molecular formula is C14H21N5O. The van der Waals surface area contributed by atoms with Gasteiger partial charge >= 0.3 is 0 Å². The Labute approximate surface area is 119 Å². The molecule has 0 bridgehead atoms. The molecule has 0 radical (unpaired) electrons. The fourth-order valence-electron chi connectivity index (χ4n) is 1.85. The summed E-state index contributed by atoms with van der Waals surface area (Å²) in [6.07, 6.45) is 5.97. The molecule has 2 aromatic rings. The highest BCUT2D eigenvalue weighted by molar-refractivity contribution is 5.22. The maximum absolute atomic E-state index is 4.98. The van der Waals surface area contributed by atoms with Crippen LogP contribution in [0.3, 0.4) is 0 Å². The average Bonchev–Trinajstić information content (AvgIpc) is 2.92. The number of hydrogen-bond acceptors (Lipinski definition) is 5. The number of nitrogens with zero attached hydrogens (tertiary/aromatic N) is 4. The zero-order chi connectivity index (χ0) is 14.2. The second-order valence-electron chi connectivity index (χ2n) is 4.67. The van der Waals surface area contributed by atoms with Crippen molar-refractivity contribution >= 4 is 0 Å². The molecule has 6 heteroatoms. The Morgan fingerprint density at radius 3 is 2.90 bits per heavy atom. The summed E-state index contributed by atoms with van der Waals surface area (Å²) in [6.45, 7) is 4.56. The van der Waals surface area contributed by atoms with E-state index in [0.29, 0.717) is 0 Å². The van der Waals surface area contributed by atoms with Crippen molar-refractivity contribution in [1.29, 1.82) is 0 Å². The van der Waals surface area contributed by atoms with Gasteiger partial charge in [0, 0.05) is 19.9 Å². The van der Waals surface area contributed by atoms with E-state index in [1.165, 1.54) is 5.56 Å². The van der Waals surface area contributed by atoms with Gasteiger partial charge in [0.15, 0.2) is 5.82 Å². The summed E-state index contributed by atoms with van der Waals surface area (Å²) < 4.78 is 6.74. The lowest BCUT2D eigenvalue weighted by atomic mass is 10.2. The molecule has 0 aromatic carbocycles. The van der Waals surface area contributed by atoms with E-state index in [-0.39, 0.29) is 0 Å². The first-order valence-electron chi connectivity index (χ1n) is 6.83. The van der Waals surface area contributed by atoms with Crippen molar-refractivity contribution in [3.05, 3.63) is 35.8 Å². The summed E-state index contributed by atoms with van der Waals surface area (Å²) in [4.78, 5) is 0. The van der Waals surface area contributed by atoms with E-state index in [1.807, 2.05) is 31.5 Å². The van der Waals surface area contributed by atoms with Crippen LogP contribution in [-0.4, -0.2) is 46.8 Å². The van der Waals surface area contributed by atoms with Crippen LogP contribution in [0.25, 0.3) is 5.82 Å². The molecule has 2 aromatic heterocycles. The molecular weight excluding hydrogens is 254 g/mol. The normalized spacial score (nSPS) is 10.9. The standard InChI is InChI=1S/C14H21N5O/c1-12-5-6-14(18-17-12)19-11-13(10-16-19)4-3-7-15-8-9-20-2/h5-6,10-11,15H,3-4,7-9H2,1-2H3. The molecule has 0 aliphatic carbocycles. The molecule has 20 heavy (non-hydrogen) atoms. The lowest BCUT2D eigenvalue weighted by Gasteiger charge is -2.02. The van der Waals surface area contributed by atoms with Crippen molar-refractivity contribution in [3.8, 4) is 5.82 Å². The third-order valence-corrected chi connectivity index (χ3v) is 2.96. The molecule has 6 nitrogen and oxygen atoms in total. The molecule has 0 aliphatic heterocycles. The van der Waals surface area contributed by atoms with Gasteiger partial charge in [0.1, 0.15) is 0 Å². The first kappa shape index (κ1) is 14.6. The number of methoxy groups -OCH3 is 1. The van der Waals surface area contributed by atoms with Crippen LogP contribution in [0.1, 0.15) is 17.7 Å². The summed E-state index contributed by atoms with van der Waals surface area (Å²) >= 11 is 0. The highest BCUT2D eigenvalue weighted by atomic mass is 16.5. The van der Waals surface area contributed by atoms with E-state index in [0.717, 1.165) is 44.0 Å². The molecule has 0 amide bonds. The minimum absolute atomic E-state index is 0.750. The SMILES string of the molecule is COCCNCCCc1cnn(-c2ccc(C)nn2)c1. The number of aromatic nitrogens is 4. The van der Waals surface area contributed by atoms with Gasteiger partial charge in [-0.25, -0.2) is 4.68 Å². The third kappa shape index (κ3) is 4.40. The minimum atomic E-state index is 0.750. The monoisotopic (exact) mass is 275 g/mol. The number of nitrogens with one attached hydrogen (secondary N) is 1. The van der Waals surface area contributed by atoms with Crippen molar-refractivity contribution < 1.29 is 4.74 Å². The van der Waals surface area contributed by atoms with E-state index in [4.69, 9.17) is 4.74 Å². The van der Waals surface area contributed by atoms with Crippen LogP contribution in [-0.2, 0) is 11.2 Å². The second kappa shape index (κ2) is 7.72. The highest BCUT2D eigenvalue weighted by Crippen LogP contribution is 2.06. The fourth-order valence-corrected chi connectivity index (χ4v) is 1.85. The van der Waals surface area contributed by atoms with Crippen LogP contribution in [0.5, 0.6) is 0 Å². The topological polar surface area (TPSA) is 64.9 Å². The molecule has 0 saturated carbocycles. The summed E-state index contributed by atoms with van der Waals surface area (Å²) in [5.41, 5.74) is 2.11. The zero-order valence-corrected chi connectivity index (χ0v) is 12.0. The van der Waals surface area contributed by atoms with Crippen molar-refractivity contribution in [2.24, 2.45) is 0 Å². The van der Waals surface area contributed by atoms with E-state index in [9.17, 15) is 0 Å². The lowest BCUT2D eigenvalue weighted by molar-refractivity contribution is 0.199. The lowest BCUT2D eigenvalue weighted by Crippen LogP contribution is -2.20. The van der Waals surface area contributed by atoms with Gasteiger partial charge in [0.2, 0.25) is 0 Å². The van der Waals surface area contributed by atoms with E-state index in [2.05, 4.69) is 20.6 Å². The molecule has 1 N–H and O–H groups in total. The average molecular weight is 275 g/mol. The van der Waals surface area contributed by atoms with Crippen LogP contribution < -0.4 is 5.32 Å². The smallest absolute Gasteiger partial charge is 0.175 e. The maximum Gasteiger partial charge on any atom is 0.175 e. The summed E-state index contributed by atoms with van der Waals surface area (Å²) in [5, 5.41) is 15.8. The number of rotatable bonds is 8. The van der Waals surface area contributed by atoms with Gasteiger partial charge in [-0.05, 0) is 44.0 Å². The van der Waals surface area contributed by atoms with Gasteiger partial charge in [-0.2, -0.15) is 10.2 Å². The maximum atomic E-state index is 4.98. The molecule has 108 valence electrons. The molecule has 0 spiro atoms. The van der Waals surface area contributed by atoms with Gasteiger partial charge in [0.05, 0.1) is 18.5 Å². The molecule has 0 fully saturated rings. The summed E-state index contributed by atoms with van der Waals surface area (Å²) in [7, 11) is 1.71. The Morgan fingerprint density at radius 1 is 1.25 bits per heavy atom. The Balaban J connectivity index is 1.79. The van der Waals surface area contributed by atoms with Gasteiger partial charge in [-0.3, -0.25) is 0 Å². The van der Waals surface area contributed by atoms with Crippen molar-refractivity contribution in [3.63, 3.8) is 0 Å². The Kier molecular flexibility index (Phi) is 5.64. The first-order chi connectivity index (χ1) is 9.79. The van der Waals surface area contributed by atoms with Crippen molar-refractivity contribution in [2.45, 2.75) is 19.8 Å². The van der Waals surface area contributed by atoms with Crippen LogP contribution in [0.15, 0.2) is 24.5 Å². The Bertz CT molecular complexity index is 509. The van der Waals surface area contributed by atoms with Gasteiger partial charge in [-0.15, -0.1) is 5.10 Å². The molecule has 0 unspecified atom stereocenters. The minimum Gasteiger partial charge on any atom is -0.383 e.